The first-order valence-electron chi connectivity index (χ1n) is 8.63. The lowest BCUT2D eigenvalue weighted by molar-refractivity contribution is 0.308. The Morgan fingerprint density at radius 3 is 2.92 bits per heavy atom. The van der Waals surface area contributed by atoms with E-state index in [-0.39, 0.29) is 0 Å². The molecule has 2 saturated heterocycles. The Hall–Kier alpha value is -1.66. The van der Waals surface area contributed by atoms with Gasteiger partial charge in [0.25, 0.3) is 0 Å². The highest BCUT2D eigenvalue weighted by Crippen LogP contribution is 2.30. The van der Waals surface area contributed by atoms with Crippen molar-refractivity contribution in [3.8, 4) is 0 Å². The fraction of sp³-hybridized carbons (Fsp3) is 0.500. The minimum Gasteiger partial charge on any atom is -0.354 e. The molecule has 0 radical (unpaired) electrons. The van der Waals surface area contributed by atoms with Crippen LogP contribution in [0.3, 0.4) is 0 Å². The van der Waals surface area contributed by atoms with Crippen molar-refractivity contribution >= 4 is 32.3 Å². The van der Waals surface area contributed by atoms with Crippen molar-refractivity contribution in [3.63, 3.8) is 0 Å². The van der Waals surface area contributed by atoms with Gasteiger partial charge in [-0.15, -0.1) is 0 Å². The summed E-state index contributed by atoms with van der Waals surface area (Å²) in [6.07, 6.45) is 4.84. The zero-order chi connectivity index (χ0) is 16.7. The molecule has 1 aromatic carbocycles. The van der Waals surface area contributed by atoms with Crippen molar-refractivity contribution in [3.05, 3.63) is 30.1 Å². The fourth-order valence-corrected chi connectivity index (χ4v) is 6.03. The van der Waals surface area contributed by atoms with Crippen LogP contribution in [0.15, 0.2) is 24.5 Å². The monoisotopic (exact) mass is 344 g/mol. The predicted molar refractivity (Wildman–Crippen MR) is 101 cm³/mol. The molecule has 5 nitrogen and oxygen atoms in total. The maximum absolute atomic E-state index is 12.7. The molecule has 6 heteroatoms. The predicted octanol–water partition coefficient (Wildman–Crippen LogP) is 2.24. The number of benzene rings is 1. The highest BCUT2D eigenvalue weighted by atomic mass is 32.2. The van der Waals surface area contributed by atoms with Crippen molar-refractivity contribution < 1.29 is 4.21 Å². The Kier molecular flexibility index (Phi) is 3.96. The molecule has 0 spiro atoms. The summed E-state index contributed by atoms with van der Waals surface area (Å²) in [4.78, 5) is 11.4. The van der Waals surface area contributed by atoms with Crippen molar-refractivity contribution in [2.24, 2.45) is 0 Å². The van der Waals surface area contributed by atoms with Crippen molar-refractivity contribution in [2.45, 2.75) is 32.2 Å². The number of rotatable bonds is 2. The Morgan fingerprint density at radius 1 is 1.25 bits per heavy atom. The topological polar surface area (TPSA) is 49.3 Å². The second kappa shape index (κ2) is 6.01. The van der Waals surface area contributed by atoms with Gasteiger partial charge in [0.15, 0.2) is 0 Å². The van der Waals surface area contributed by atoms with Crippen LogP contribution in [0.25, 0.3) is 10.9 Å². The second-order valence-electron chi connectivity index (χ2n) is 6.88. The molecule has 1 aromatic heterocycles. The average Bonchev–Trinajstić information content (AvgIpc) is 2.94. The molecule has 2 atom stereocenters. The highest BCUT2D eigenvalue weighted by molar-refractivity contribution is 7.98. The number of fused-ring (bicyclic) bond motifs is 1. The summed E-state index contributed by atoms with van der Waals surface area (Å²) >= 11 is 0. The van der Waals surface area contributed by atoms with Crippen LogP contribution in [0.4, 0.5) is 5.82 Å². The molecule has 2 fully saturated rings. The van der Waals surface area contributed by atoms with Gasteiger partial charge in [0.2, 0.25) is 0 Å². The summed E-state index contributed by atoms with van der Waals surface area (Å²) in [5.41, 5.74) is 2.19. The van der Waals surface area contributed by atoms with E-state index >= 15 is 0 Å². The van der Waals surface area contributed by atoms with E-state index in [9.17, 15) is 4.21 Å². The van der Waals surface area contributed by atoms with Crippen molar-refractivity contribution in [1.29, 1.82) is 0 Å². The summed E-state index contributed by atoms with van der Waals surface area (Å²) in [5, 5.41) is 1.11. The maximum atomic E-state index is 12.7. The SMILES string of the molecule is C=S1(=O)CCCN1C1CCCN(c2ncnc3c(C)cccc23)C1. The average molecular weight is 344 g/mol. The molecule has 24 heavy (non-hydrogen) atoms. The Morgan fingerprint density at radius 2 is 2.12 bits per heavy atom. The van der Waals surface area contributed by atoms with Gasteiger partial charge in [-0.1, -0.05) is 12.1 Å². The number of hydrogen-bond donors (Lipinski definition) is 0. The molecule has 0 aliphatic carbocycles. The third kappa shape index (κ3) is 2.67. The van der Waals surface area contributed by atoms with Crippen LogP contribution in [-0.2, 0) is 9.71 Å². The number of piperidine rings is 1. The van der Waals surface area contributed by atoms with Crippen LogP contribution >= 0.6 is 0 Å². The van der Waals surface area contributed by atoms with E-state index in [0.717, 1.165) is 61.4 Å². The summed E-state index contributed by atoms with van der Waals surface area (Å²) in [6.45, 7) is 4.85. The molecule has 0 amide bonds. The lowest BCUT2D eigenvalue weighted by Crippen LogP contribution is -2.48. The van der Waals surface area contributed by atoms with Crippen LogP contribution in [0.2, 0.25) is 0 Å². The molecule has 4 rings (SSSR count). The molecule has 2 aromatic rings. The lowest BCUT2D eigenvalue weighted by Gasteiger charge is -2.38. The van der Waals surface area contributed by atoms with Gasteiger partial charge >= 0.3 is 0 Å². The van der Waals surface area contributed by atoms with Crippen molar-refractivity contribution in [2.75, 3.05) is 30.3 Å². The van der Waals surface area contributed by atoms with Gasteiger partial charge in [-0.25, -0.2) is 14.3 Å². The van der Waals surface area contributed by atoms with Crippen LogP contribution in [0, 0.1) is 6.92 Å². The molecule has 0 saturated carbocycles. The van der Waals surface area contributed by atoms with Crippen LogP contribution < -0.4 is 4.90 Å². The highest BCUT2D eigenvalue weighted by Gasteiger charge is 2.33. The standard InChI is InChI=1S/C18H24N4OS/c1-14-6-3-8-16-17(14)19-13-20-18(16)21-9-4-7-15(12-21)22-10-5-11-24(22,2)23/h3,6,8,13,15H,2,4-5,7,9-12H2,1H3. The summed E-state index contributed by atoms with van der Waals surface area (Å²) in [7, 11) is -2.07. The molecular formula is C18H24N4OS. The normalized spacial score (nSPS) is 28.5. The van der Waals surface area contributed by atoms with E-state index in [0.29, 0.717) is 6.04 Å². The number of aryl methyl sites for hydroxylation is 1. The van der Waals surface area contributed by atoms with Gasteiger partial charge in [-0.05, 0) is 43.7 Å². The van der Waals surface area contributed by atoms with Crippen LogP contribution in [-0.4, -0.2) is 55.8 Å². The van der Waals surface area contributed by atoms with Gasteiger partial charge in [0, 0.05) is 46.5 Å². The molecule has 128 valence electrons. The van der Waals surface area contributed by atoms with Gasteiger partial charge in [-0.3, -0.25) is 4.21 Å². The zero-order valence-corrected chi connectivity index (χ0v) is 15.0. The Labute approximate surface area is 143 Å². The molecule has 2 unspecified atom stereocenters. The van der Waals surface area contributed by atoms with Gasteiger partial charge in [0.1, 0.15) is 12.1 Å². The quantitative estimate of drug-likeness (QED) is 0.784. The summed E-state index contributed by atoms with van der Waals surface area (Å²) in [5.74, 6) is 5.73. The first-order valence-corrected chi connectivity index (χ1v) is 10.5. The third-order valence-corrected chi connectivity index (χ3v) is 7.48. The molecular weight excluding hydrogens is 320 g/mol. The van der Waals surface area contributed by atoms with Gasteiger partial charge in [0.05, 0.1) is 5.52 Å². The minimum atomic E-state index is -2.07. The van der Waals surface area contributed by atoms with E-state index in [1.807, 2.05) is 0 Å². The number of anilines is 1. The number of aromatic nitrogens is 2. The second-order valence-corrected chi connectivity index (χ2v) is 9.30. The molecule has 3 heterocycles. The first kappa shape index (κ1) is 15.8. The van der Waals surface area contributed by atoms with Gasteiger partial charge < -0.3 is 4.90 Å². The van der Waals surface area contributed by atoms with E-state index in [1.165, 1.54) is 5.56 Å². The Bertz CT molecular complexity index is 864. The van der Waals surface area contributed by atoms with Crippen LogP contribution in [0.1, 0.15) is 24.8 Å². The molecule has 0 N–H and O–H groups in total. The summed E-state index contributed by atoms with van der Waals surface area (Å²) < 4.78 is 14.8. The molecule has 2 aliphatic heterocycles. The zero-order valence-electron chi connectivity index (χ0n) is 14.1. The molecule has 0 bridgehead atoms. The minimum absolute atomic E-state index is 0.307. The van der Waals surface area contributed by atoms with E-state index in [4.69, 9.17) is 0 Å². The number of hydrogen-bond acceptors (Lipinski definition) is 4. The van der Waals surface area contributed by atoms with E-state index in [2.05, 4.69) is 50.2 Å². The third-order valence-electron chi connectivity index (χ3n) is 5.22. The van der Waals surface area contributed by atoms with Crippen LogP contribution in [0.5, 0.6) is 0 Å². The van der Waals surface area contributed by atoms with E-state index in [1.54, 1.807) is 6.33 Å². The lowest BCUT2D eigenvalue weighted by atomic mass is 10.0. The summed E-state index contributed by atoms with van der Waals surface area (Å²) in [6, 6.07) is 6.55. The largest absolute Gasteiger partial charge is 0.354 e. The van der Waals surface area contributed by atoms with E-state index < -0.39 is 9.71 Å². The van der Waals surface area contributed by atoms with Crippen molar-refractivity contribution in [1.82, 2.24) is 14.3 Å². The smallest absolute Gasteiger partial charge is 0.139 e. The van der Waals surface area contributed by atoms with Gasteiger partial charge in [-0.2, -0.15) is 0 Å². The fourth-order valence-electron chi connectivity index (χ4n) is 4.04. The number of nitrogens with zero attached hydrogens (tertiary/aromatic N) is 4. The first-order chi connectivity index (χ1) is 11.6. The number of para-hydroxylation sites is 1. The maximum Gasteiger partial charge on any atom is 0.139 e. The Balaban J connectivity index is 1.67. The molecule has 2 aliphatic rings.